The fourth-order valence-corrected chi connectivity index (χ4v) is 9.52. The van der Waals surface area contributed by atoms with E-state index < -0.39 is 14.7 Å². The molecule has 194 valence electrons. The number of thiophene rings is 1. The minimum absolute atomic E-state index is 0.0766. The van der Waals surface area contributed by atoms with Crippen LogP contribution in [0.5, 0.6) is 5.88 Å². The van der Waals surface area contributed by atoms with Crippen LogP contribution in [-0.2, 0) is 4.74 Å². The van der Waals surface area contributed by atoms with E-state index in [0.717, 1.165) is 22.6 Å². The summed E-state index contributed by atoms with van der Waals surface area (Å²) < 4.78 is 13.9. The Hall–Kier alpha value is -2.74. The van der Waals surface area contributed by atoms with E-state index in [9.17, 15) is 4.79 Å². The second kappa shape index (κ2) is 11.8. The fourth-order valence-electron chi connectivity index (χ4n) is 4.54. The Bertz CT molecular complexity index is 1350. The van der Waals surface area contributed by atoms with E-state index in [1.165, 1.54) is 10.4 Å². The average molecular weight is 582 g/mol. The van der Waals surface area contributed by atoms with Crippen LogP contribution in [0.3, 0.4) is 0 Å². The van der Waals surface area contributed by atoms with Gasteiger partial charge in [0.2, 0.25) is 0 Å². The van der Waals surface area contributed by atoms with E-state index in [-0.39, 0.29) is 12.0 Å². The summed E-state index contributed by atoms with van der Waals surface area (Å²) in [7, 11) is 0. The van der Waals surface area contributed by atoms with Crippen molar-refractivity contribution in [2.24, 2.45) is 0 Å². The Kier molecular flexibility index (Phi) is 8.23. The Morgan fingerprint density at radius 2 is 2.14 bits per heavy atom. The molecule has 1 aliphatic heterocycles. The van der Waals surface area contributed by atoms with Crippen LogP contribution in [0.4, 0.5) is 0 Å². The quantitative estimate of drug-likeness (QED) is 0.254. The minimum atomic E-state index is -0.931. The van der Waals surface area contributed by atoms with Crippen LogP contribution in [0, 0.1) is 0 Å². The van der Waals surface area contributed by atoms with Crippen LogP contribution in [0.15, 0.2) is 48.1 Å². The van der Waals surface area contributed by atoms with Crippen LogP contribution in [-0.4, -0.2) is 66.0 Å². The van der Waals surface area contributed by atoms with Crippen LogP contribution < -0.4 is 10.1 Å². The van der Waals surface area contributed by atoms with Gasteiger partial charge in [-0.05, 0) is 11.4 Å². The molecule has 0 spiro atoms. The Morgan fingerprint density at radius 1 is 1.27 bits per heavy atom. The van der Waals surface area contributed by atoms with Crippen molar-refractivity contribution < 1.29 is 14.3 Å². The zero-order valence-corrected chi connectivity index (χ0v) is 24.1. The third kappa shape index (κ3) is 5.89. The molecule has 0 aliphatic carbocycles. The molecule has 1 N–H and O–H groups in total. The molecule has 1 fully saturated rings. The number of hydrogen-bond donors (Lipinski definition) is 1. The predicted octanol–water partition coefficient (Wildman–Crippen LogP) is 5.34. The molecule has 0 aromatic carbocycles. The van der Waals surface area contributed by atoms with Crippen LogP contribution in [0.25, 0.3) is 27.5 Å². The number of rotatable bonds is 10. The van der Waals surface area contributed by atoms with E-state index in [0.29, 0.717) is 47.2 Å². The van der Waals surface area contributed by atoms with Gasteiger partial charge >= 0.3 is 197 Å². The molecule has 1 aliphatic rings. The SMILES string of the molecule is CC[As](CC)C(C)CNC(=O)c1cc(O[C@@H]2CCOC2)nc(-c2cnn3ccc(-c4cccs4)nc23)c1. The van der Waals surface area contributed by atoms with Crippen molar-refractivity contribution in [1.82, 2.24) is 24.9 Å². The molecule has 1 amide bonds. The summed E-state index contributed by atoms with van der Waals surface area (Å²) in [4.78, 5) is 24.0. The summed E-state index contributed by atoms with van der Waals surface area (Å²) in [5.74, 6) is 0.294. The summed E-state index contributed by atoms with van der Waals surface area (Å²) in [6, 6.07) is 9.54. The van der Waals surface area contributed by atoms with E-state index in [4.69, 9.17) is 19.4 Å². The first-order valence-corrected chi connectivity index (χ1v) is 17.3. The molecule has 8 nitrogen and oxygen atoms in total. The zero-order chi connectivity index (χ0) is 25.8. The first kappa shape index (κ1) is 25.9. The van der Waals surface area contributed by atoms with Gasteiger partial charge in [-0.3, -0.25) is 0 Å². The topological polar surface area (TPSA) is 90.6 Å². The first-order valence-electron chi connectivity index (χ1n) is 12.7. The van der Waals surface area contributed by atoms with E-state index in [1.54, 1.807) is 28.1 Å². The summed E-state index contributed by atoms with van der Waals surface area (Å²) in [6.07, 6.45) is 4.36. The second-order valence-electron chi connectivity index (χ2n) is 9.08. The van der Waals surface area contributed by atoms with Crippen molar-refractivity contribution in [2.45, 2.75) is 48.4 Å². The number of nitrogens with one attached hydrogen (secondary N) is 1. The summed E-state index contributed by atoms with van der Waals surface area (Å²) in [5, 5.41) is 12.2. The summed E-state index contributed by atoms with van der Waals surface area (Å²) in [5.41, 5.74) is 3.43. The third-order valence-corrected chi connectivity index (χ3v) is 14.0. The predicted molar refractivity (Wildman–Crippen MR) is 148 cm³/mol. The summed E-state index contributed by atoms with van der Waals surface area (Å²) >= 11 is 0.707. The number of pyridine rings is 1. The van der Waals surface area contributed by atoms with Gasteiger partial charge in [0.05, 0.1) is 0 Å². The first-order chi connectivity index (χ1) is 18.1. The standard InChI is InChI=1S/C27H32AsN5O3S/c1-4-28(5-2)18(3)15-29-27(34)19-13-23(31-25(14-19)36-20-9-11-35-17-20)21-16-30-33-10-8-22(32-26(21)33)24-7-6-12-37-24/h6-8,10,12-14,16,18,20H,4-5,9,11,15,17H2,1-3H3,(H,29,34)/t18?,20-/m1/s1. The van der Waals surface area contributed by atoms with Crippen LogP contribution in [0.2, 0.25) is 15.1 Å². The number of fused-ring (bicyclic) bond motifs is 1. The van der Waals surface area contributed by atoms with Crippen molar-refractivity contribution in [3.8, 4) is 27.7 Å². The van der Waals surface area contributed by atoms with Gasteiger partial charge in [0.15, 0.2) is 0 Å². The van der Waals surface area contributed by atoms with Crippen LogP contribution in [0.1, 0.15) is 37.6 Å². The molecule has 10 heteroatoms. The van der Waals surface area contributed by atoms with Crippen molar-refractivity contribution >= 4 is 37.5 Å². The van der Waals surface area contributed by atoms with Crippen molar-refractivity contribution in [3.63, 3.8) is 0 Å². The number of carbonyl (C=O) groups is 1. The molecule has 0 saturated carbocycles. The van der Waals surface area contributed by atoms with Gasteiger partial charge in [0.1, 0.15) is 0 Å². The maximum absolute atomic E-state index is 13.3. The van der Waals surface area contributed by atoms with Gasteiger partial charge in [-0.2, -0.15) is 0 Å². The van der Waals surface area contributed by atoms with Crippen molar-refractivity contribution in [1.29, 1.82) is 0 Å². The Labute approximate surface area is 225 Å². The molecule has 4 aromatic rings. The molecular formula is C27H32AsN5O3S. The Balaban J connectivity index is 1.48. The Morgan fingerprint density at radius 3 is 2.86 bits per heavy atom. The zero-order valence-electron chi connectivity index (χ0n) is 21.4. The van der Waals surface area contributed by atoms with Gasteiger partial charge in [0, 0.05) is 0 Å². The van der Waals surface area contributed by atoms with E-state index in [2.05, 4.69) is 31.2 Å². The second-order valence-corrected chi connectivity index (χ2v) is 17.0. The molecular weight excluding hydrogens is 549 g/mol. The monoisotopic (exact) mass is 581 g/mol. The van der Waals surface area contributed by atoms with E-state index in [1.807, 2.05) is 35.8 Å². The van der Waals surface area contributed by atoms with Crippen molar-refractivity contribution in [3.05, 3.63) is 53.7 Å². The molecule has 0 radical (unpaired) electrons. The molecule has 1 saturated heterocycles. The molecule has 0 bridgehead atoms. The van der Waals surface area contributed by atoms with Crippen molar-refractivity contribution in [2.75, 3.05) is 19.8 Å². The van der Waals surface area contributed by atoms with Gasteiger partial charge in [0.25, 0.3) is 0 Å². The number of hydrogen-bond acceptors (Lipinski definition) is 7. The van der Waals surface area contributed by atoms with Gasteiger partial charge < -0.3 is 0 Å². The van der Waals surface area contributed by atoms with Gasteiger partial charge in [-0.25, -0.2) is 0 Å². The van der Waals surface area contributed by atoms with Gasteiger partial charge in [-0.1, -0.05) is 6.07 Å². The molecule has 37 heavy (non-hydrogen) atoms. The molecule has 5 rings (SSSR count). The molecule has 4 aromatic heterocycles. The van der Waals surface area contributed by atoms with E-state index >= 15 is 0 Å². The number of nitrogens with zero attached hydrogens (tertiary/aromatic N) is 4. The fraction of sp³-hybridized carbons (Fsp3) is 0.407. The summed E-state index contributed by atoms with van der Waals surface area (Å²) in [6.45, 7) is 8.67. The molecule has 2 atom stereocenters. The number of ether oxygens (including phenoxy) is 2. The number of amides is 1. The molecule has 5 heterocycles. The van der Waals surface area contributed by atoms with Gasteiger partial charge in [-0.15, -0.1) is 11.3 Å². The normalized spacial score (nSPS) is 16.4. The number of carbonyl (C=O) groups excluding carboxylic acids is 1. The van der Waals surface area contributed by atoms with Crippen LogP contribution >= 0.6 is 11.3 Å². The average Bonchev–Trinajstić information content (AvgIpc) is 3.69. The number of aromatic nitrogens is 4. The maximum atomic E-state index is 13.3. The molecule has 1 unspecified atom stereocenters. The third-order valence-electron chi connectivity index (χ3n) is 6.65.